The molecule has 4 heteroatoms. The van der Waals surface area contributed by atoms with Gasteiger partial charge in [-0.1, -0.05) is 0 Å². The summed E-state index contributed by atoms with van der Waals surface area (Å²) in [5.74, 6) is 0.0456. The number of aliphatic imine (C=N–C) groups is 1. The van der Waals surface area contributed by atoms with Crippen molar-refractivity contribution < 1.29 is 14.3 Å². The molecule has 0 saturated carbocycles. The Bertz CT molecular complexity index is 350. The molecule has 0 bridgehead atoms. The summed E-state index contributed by atoms with van der Waals surface area (Å²) in [5, 5.41) is 0. The standard InChI is InChI=1S/C9H7NO3/c1-13-8-4-2-7(3-5-8)9(12)10-6-11/h2-5H,1H3. The molecule has 0 radical (unpaired) electrons. The number of hydrogen-bond donors (Lipinski definition) is 0. The predicted octanol–water partition coefficient (Wildman–Crippen LogP) is 1.17. The van der Waals surface area contributed by atoms with E-state index in [0.717, 1.165) is 0 Å². The smallest absolute Gasteiger partial charge is 0.287 e. The molecule has 66 valence electrons. The number of benzene rings is 1. The first-order valence-corrected chi connectivity index (χ1v) is 3.54. The molecule has 1 amide bonds. The first-order valence-electron chi connectivity index (χ1n) is 3.54. The lowest BCUT2D eigenvalue weighted by Crippen LogP contribution is -1.93. The number of isocyanates is 1. The molecule has 0 atom stereocenters. The van der Waals surface area contributed by atoms with Crippen LogP contribution in [0.3, 0.4) is 0 Å². The molecule has 0 heterocycles. The predicted molar refractivity (Wildman–Crippen MR) is 45.4 cm³/mol. The van der Waals surface area contributed by atoms with E-state index in [1.807, 2.05) is 0 Å². The largest absolute Gasteiger partial charge is 0.497 e. The Hall–Kier alpha value is -1.93. The number of hydrogen-bond acceptors (Lipinski definition) is 3. The van der Waals surface area contributed by atoms with E-state index in [-0.39, 0.29) is 0 Å². The summed E-state index contributed by atoms with van der Waals surface area (Å²) in [6.45, 7) is 0. The van der Waals surface area contributed by atoms with Crippen LogP contribution >= 0.6 is 0 Å². The minimum atomic E-state index is -0.599. The average Bonchev–Trinajstić information content (AvgIpc) is 2.18. The summed E-state index contributed by atoms with van der Waals surface area (Å²) in [6.07, 6.45) is 1.19. The second-order valence-electron chi connectivity index (χ2n) is 2.24. The normalized spacial score (nSPS) is 8.69. The molecule has 0 spiro atoms. The molecule has 0 aromatic heterocycles. The van der Waals surface area contributed by atoms with Gasteiger partial charge in [-0.05, 0) is 24.3 Å². The van der Waals surface area contributed by atoms with Crippen LogP contribution in [0.5, 0.6) is 5.75 Å². The Labute approximate surface area is 74.9 Å². The van der Waals surface area contributed by atoms with Gasteiger partial charge in [0.15, 0.2) is 0 Å². The Balaban J connectivity index is 2.92. The highest BCUT2D eigenvalue weighted by Crippen LogP contribution is 2.11. The zero-order valence-electron chi connectivity index (χ0n) is 6.98. The number of amides is 1. The van der Waals surface area contributed by atoms with E-state index in [1.165, 1.54) is 25.3 Å². The molecule has 1 aromatic carbocycles. The van der Waals surface area contributed by atoms with Crippen molar-refractivity contribution in [3.05, 3.63) is 29.8 Å². The lowest BCUT2D eigenvalue weighted by atomic mass is 10.2. The van der Waals surface area contributed by atoms with Crippen molar-refractivity contribution >= 4 is 12.0 Å². The lowest BCUT2D eigenvalue weighted by Gasteiger charge is -1.98. The Kier molecular flexibility index (Phi) is 2.95. The van der Waals surface area contributed by atoms with E-state index in [0.29, 0.717) is 11.3 Å². The van der Waals surface area contributed by atoms with Crippen molar-refractivity contribution in [1.29, 1.82) is 0 Å². The topological polar surface area (TPSA) is 55.7 Å². The van der Waals surface area contributed by atoms with Crippen LogP contribution in [0, 0.1) is 0 Å². The molecule has 4 nitrogen and oxygen atoms in total. The lowest BCUT2D eigenvalue weighted by molar-refractivity contribution is 0.100. The van der Waals surface area contributed by atoms with Gasteiger partial charge in [0.05, 0.1) is 7.11 Å². The van der Waals surface area contributed by atoms with Crippen molar-refractivity contribution in [1.82, 2.24) is 0 Å². The molecule has 1 aromatic rings. The van der Waals surface area contributed by atoms with Crippen molar-refractivity contribution in [2.45, 2.75) is 0 Å². The Morgan fingerprint density at radius 3 is 2.46 bits per heavy atom. The molecule has 0 N–H and O–H groups in total. The monoisotopic (exact) mass is 177 g/mol. The van der Waals surface area contributed by atoms with Crippen molar-refractivity contribution in [2.75, 3.05) is 7.11 Å². The van der Waals surface area contributed by atoms with Crippen LogP contribution in [0.2, 0.25) is 0 Å². The maximum Gasteiger partial charge on any atom is 0.287 e. The van der Waals surface area contributed by atoms with Gasteiger partial charge in [-0.25, -0.2) is 4.79 Å². The molecule has 13 heavy (non-hydrogen) atoms. The quantitative estimate of drug-likeness (QED) is 0.503. The number of carbonyl (C=O) groups is 1. The molecule has 0 aliphatic rings. The molecule has 1 rings (SSSR count). The summed E-state index contributed by atoms with van der Waals surface area (Å²) in [5.41, 5.74) is 0.337. The average molecular weight is 177 g/mol. The van der Waals surface area contributed by atoms with E-state index < -0.39 is 5.91 Å². The van der Waals surface area contributed by atoms with Gasteiger partial charge in [0.2, 0.25) is 6.08 Å². The minimum Gasteiger partial charge on any atom is -0.497 e. The molecular weight excluding hydrogens is 170 g/mol. The van der Waals surface area contributed by atoms with Crippen LogP contribution < -0.4 is 4.74 Å². The molecule has 0 fully saturated rings. The van der Waals surface area contributed by atoms with Gasteiger partial charge in [-0.15, -0.1) is 4.99 Å². The summed E-state index contributed by atoms with van der Waals surface area (Å²) in [4.78, 5) is 23.7. The minimum absolute atomic E-state index is 0.337. The van der Waals surface area contributed by atoms with Crippen LogP contribution in [0.4, 0.5) is 0 Å². The number of rotatable bonds is 2. The van der Waals surface area contributed by atoms with Gasteiger partial charge in [0.1, 0.15) is 5.75 Å². The van der Waals surface area contributed by atoms with Crippen molar-refractivity contribution in [2.24, 2.45) is 4.99 Å². The third-order valence-corrected chi connectivity index (χ3v) is 1.48. The van der Waals surface area contributed by atoms with Crippen LogP contribution in [0.25, 0.3) is 0 Å². The first kappa shape index (κ1) is 9.16. The van der Waals surface area contributed by atoms with Gasteiger partial charge in [-0.3, -0.25) is 4.79 Å². The van der Waals surface area contributed by atoms with E-state index in [9.17, 15) is 9.59 Å². The fraction of sp³-hybridized carbons (Fsp3) is 0.111. The summed E-state index contributed by atoms with van der Waals surface area (Å²) in [6, 6.07) is 6.30. The highest BCUT2D eigenvalue weighted by Gasteiger charge is 2.02. The summed E-state index contributed by atoms with van der Waals surface area (Å²) < 4.78 is 4.89. The summed E-state index contributed by atoms with van der Waals surface area (Å²) in [7, 11) is 1.53. The number of nitrogens with zero attached hydrogens (tertiary/aromatic N) is 1. The van der Waals surface area contributed by atoms with Crippen LogP contribution in [0.15, 0.2) is 29.3 Å². The Morgan fingerprint density at radius 1 is 1.38 bits per heavy atom. The fourth-order valence-corrected chi connectivity index (χ4v) is 0.840. The van der Waals surface area contributed by atoms with Gasteiger partial charge in [0.25, 0.3) is 5.91 Å². The highest BCUT2D eigenvalue weighted by molar-refractivity contribution is 5.97. The third-order valence-electron chi connectivity index (χ3n) is 1.48. The SMILES string of the molecule is COc1ccc(C(=O)N=C=O)cc1. The second kappa shape index (κ2) is 4.18. The van der Waals surface area contributed by atoms with Gasteiger partial charge >= 0.3 is 0 Å². The molecule has 0 aliphatic carbocycles. The van der Waals surface area contributed by atoms with Crippen LogP contribution in [0.1, 0.15) is 10.4 Å². The van der Waals surface area contributed by atoms with Crippen molar-refractivity contribution in [3.63, 3.8) is 0 Å². The number of ether oxygens (including phenoxy) is 1. The maximum atomic E-state index is 11.0. The Morgan fingerprint density at radius 2 is 2.00 bits per heavy atom. The van der Waals surface area contributed by atoms with Gasteiger partial charge < -0.3 is 4.74 Å². The van der Waals surface area contributed by atoms with Crippen molar-refractivity contribution in [3.8, 4) is 5.75 Å². The molecule has 0 saturated heterocycles. The second-order valence-corrected chi connectivity index (χ2v) is 2.24. The van der Waals surface area contributed by atoms with Crippen LogP contribution in [-0.4, -0.2) is 19.1 Å². The van der Waals surface area contributed by atoms with E-state index in [1.54, 1.807) is 12.1 Å². The zero-order chi connectivity index (χ0) is 9.68. The molecule has 0 aliphatic heterocycles. The van der Waals surface area contributed by atoms with E-state index in [4.69, 9.17) is 4.74 Å². The highest BCUT2D eigenvalue weighted by atomic mass is 16.5. The maximum absolute atomic E-state index is 11.0. The third kappa shape index (κ3) is 2.25. The summed E-state index contributed by atoms with van der Waals surface area (Å²) >= 11 is 0. The zero-order valence-corrected chi connectivity index (χ0v) is 6.98. The first-order chi connectivity index (χ1) is 6.27. The molecule has 0 unspecified atom stereocenters. The van der Waals surface area contributed by atoms with E-state index >= 15 is 0 Å². The molecular formula is C9H7NO3. The van der Waals surface area contributed by atoms with Gasteiger partial charge in [-0.2, -0.15) is 0 Å². The number of carbonyl (C=O) groups excluding carboxylic acids is 2. The van der Waals surface area contributed by atoms with E-state index in [2.05, 4.69) is 4.99 Å². The fourth-order valence-electron chi connectivity index (χ4n) is 0.840. The number of methoxy groups -OCH3 is 1. The van der Waals surface area contributed by atoms with Crippen LogP contribution in [-0.2, 0) is 4.79 Å². The van der Waals surface area contributed by atoms with Gasteiger partial charge in [0, 0.05) is 5.56 Å².